The van der Waals surface area contributed by atoms with Crippen molar-refractivity contribution in [1.82, 2.24) is 0 Å². The van der Waals surface area contributed by atoms with Crippen LogP contribution in [0.3, 0.4) is 0 Å². The van der Waals surface area contributed by atoms with Gasteiger partial charge in [0.25, 0.3) is 0 Å². The Morgan fingerprint density at radius 1 is 1.25 bits per heavy atom. The molecule has 0 amide bonds. The number of aryl methyl sites for hydroxylation is 1. The molecule has 0 saturated heterocycles. The first kappa shape index (κ1) is 14.3. The molecule has 0 saturated carbocycles. The van der Waals surface area contributed by atoms with Crippen molar-refractivity contribution in [3.05, 3.63) is 54.1 Å². The van der Waals surface area contributed by atoms with Gasteiger partial charge in [0.15, 0.2) is 0 Å². The van der Waals surface area contributed by atoms with E-state index in [2.05, 4.69) is 24.0 Å². The van der Waals surface area contributed by atoms with Gasteiger partial charge in [-0.1, -0.05) is 43.7 Å². The van der Waals surface area contributed by atoms with E-state index >= 15 is 0 Å². The van der Waals surface area contributed by atoms with Crippen LogP contribution < -0.4 is 0 Å². The van der Waals surface area contributed by atoms with E-state index in [1.54, 1.807) is 18.2 Å². The fraction of sp³-hybridized carbons (Fsp3) is 0.294. The summed E-state index contributed by atoms with van der Waals surface area (Å²) in [5.41, 5.74) is 2.66. The molecule has 0 aromatic heterocycles. The van der Waals surface area contributed by atoms with Gasteiger partial charge in [-0.15, -0.1) is 0 Å². The molecule has 0 aliphatic heterocycles. The third-order valence-corrected chi connectivity index (χ3v) is 3.28. The number of aliphatic carboxylic acids is 1. The molecular weight excluding hydrogens is 250 g/mol. The van der Waals surface area contributed by atoms with Crippen LogP contribution in [0.25, 0.3) is 0 Å². The van der Waals surface area contributed by atoms with E-state index in [9.17, 15) is 4.79 Å². The second kappa shape index (κ2) is 6.85. The van der Waals surface area contributed by atoms with Crippen LogP contribution in [-0.4, -0.2) is 16.8 Å². The average molecular weight is 269 g/mol. The molecular formula is C17H19NO2. The number of carboxylic acid groups (broad SMARTS) is 1. The largest absolute Gasteiger partial charge is 0.481 e. The zero-order valence-electron chi connectivity index (χ0n) is 11.6. The lowest BCUT2D eigenvalue weighted by molar-refractivity contribution is -0.138. The SMILES string of the molecule is CCCCc1ccc(N=C2C=CC=CC2C(=O)O)cc1. The van der Waals surface area contributed by atoms with Gasteiger partial charge in [-0.2, -0.15) is 0 Å². The number of carboxylic acids is 1. The number of rotatable bonds is 5. The van der Waals surface area contributed by atoms with Crippen molar-refractivity contribution < 1.29 is 9.90 Å². The van der Waals surface area contributed by atoms with E-state index in [4.69, 9.17) is 5.11 Å². The predicted molar refractivity (Wildman–Crippen MR) is 81.6 cm³/mol. The summed E-state index contributed by atoms with van der Waals surface area (Å²) < 4.78 is 0. The van der Waals surface area contributed by atoms with E-state index in [1.165, 1.54) is 18.4 Å². The van der Waals surface area contributed by atoms with Gasteiger partial charge >= 0.3 is 5.97 Å². The van der Waals surface area contributed by atoms with Crippen molar-refractivity contribution in [2.75, 3.05) is 0 Å². The highest BCUT2D eigenvalue weighted by Gasteiger charge is 2.20. The summed E-state index contributed by atoms with van der Waals surface area (Å²) in [5, 5.41) is 9.16. The molecule has 1 N–H and O–H groups in total. The van der Waals surface area contributed by atoms with Gasteiger partial charge in [0.1, 0.15) is 5.92 Å². The molecule has 20 heavy (non-hydrogen) atoms. The van der Waals surface area contributed by atoms with E-state index in [-0.39, 0.29) is 0 Å². The molecule has 3 heteroatoms. The van der Waals surface area contributed by atoms with E-state index in [0.717, 1.165) is 12.1 Å². The Hall–Kier alpha value is -2.16. The maximum Gasteiger partial charge on any atom is 0.316 e. The van der Waals surface area contributed by atoms with Crippen LogP contribution >= 0.6 is 0 Å². The minimum absolute atomic E-state index is 0.571. The predicted octanol–water partition coefficient (Wildman–Crippen LogP) is 3.93. The molecule has 1 atom stereocenters. The molecule has 0 radical (unpaired) electrons. The molecule has 2 rings (SSSR count). The summed E-state index contributed by atoms with van der Waals surface area (Å²) in [4.78, 5) is 15.6. The standard InChI is InChI=1S/C17H19NO2/c1-2-3-6-13-9-11-14(12-10-13)18-16-8-5-4-7-15(16)17(19)20/h4-5,7-12,15H,2-3,6H2,1H3,(H,19,20). The van der Waals surface area contributed by atoms with Crippen LogP contribution in [-0.2, 0) is 11.2 Å². The number of hydrogen-bond donors (Lipinski definition) is 1. The molecule has 0 fully saturated rings. The Balaban J connectivity index is 2.15. The van der Waals surface area contributed by atoms with Crippen LogP contribution in [0.2, 0.25) is 0 Å². The van der Waals surface area contributed by atoms with Crippen molar-refractivity contribution in [2.45, 2.75) is 26.2 Å². The number of allylic oxidation sites excluding steroid dienone is 3. The molecule has 0 spiro atoms. The second-order valence-corrected chi connectivity index (χ2v) is 4.87. The van der Waals surface area contributed by atoms with Gasteiger partial charge in [0.05, 0.1) is 11.4 Å². The maximum absolute atomic E-state index is 11.2. The summed E-state index contributed by atoms with van der Waals surface area (Å²) in [6.07, 6.45) is 10.4. The maximum atomic E-state index is 11.2. The quantitative estimate of drug-likeness (QED) is 0.880. The van der Waals surface area contributed by atoms with Gasteiger partial charge in [0, 0.05) is 0 Å². The lowest BCUT2D eigenvalue weighted by Gasteiger charge is -2.11. The third-order valence-electron chi connectivity index (χ3n) is 3.28. The topological polar surface area (TPSA) is 49.7 Å². The smallest absolute Gasteiger partial charge is 0.316 e. The van der Waals surface area contributed by atoms with Crippen LogP contribution in [0.4, 0.5) is 5.69 Å². The van der Waals surface area contributed by atoms with Crippen molar-refractivity contribution in [3.63, 3.8) is 0 Å². The number of unbranched alkanes of at least 4 members (excludes halogenated alkanes) is 1. The zero-order valence-corrected chi connectivity index (χ0v) is 11.6. The highest BCUT2D eigenvalue weighted by molar-refractivity contribution is 6.11. The Kier molecular flexibility index (Phi) is 4.88. The van der Waals surface area contributed by atoms with Crippen LogP contribution in [0, 0.1) is 5.92 Å². The average Bonchev–Trinajstić information content (AvgIpc) is 2.47. The number of aliphatic imine (C=N–C) groups is 1. The number of nitrogens with zero attached hydrogens (tertiary/aromatic N) is 1. The normalized spacial score (nSPS) is 19.4. The number of carbonyl (C=O) groups is 1. The Morgan fingerprint density at radius 2 is 2.00 bits per heavy atom. The summed E-state index contributed by atoms with van der Waals surface area (Å²) >= 11 is 0. The molecule has 0 bridgehead atoms. The minimum atomic E-state index is -0.871. The fourth-order valence-corrected chi connectivity index (χ4v) is 2.11. The van der Waals surface area contributed by atoms with Crippen molar-refractivity contribution >= 4 is 17.4 Å². The van der Waals surface area contributed by atoms with Gasteiger partial charge in [0.2, 0.25) is 0 Å². The van der Waals surface area contributed by atoms with Crippen molar-refractivity contribution in [1.29, 1.82) is 0 Å². The second-order valence-electron chi connectivity index (χ2n) is 4.87. The van der Waals surface area contributed by atoms with Crippen LogP contribution in [0.1, 0.15) is 25.3 Å². The van der Waals surface area contributed by atoms with E-state index in [1.807, 2.05) is 18.2 Å². The van der Waals surface area contributed by atoms with Crippen molar-refractivity contribution in [2.24, 2.45) is 10.9 Å². The number of hydrogen-bond acceptors (Lipinski definition) is 2. The molecule has 1 aromatic rings. The molecule has 0 heterocycles. The van der Waals surface area contributed by atoms with E-state index in [0.29, 0.717) is 5.71 Å². The highest BCUT2D eigenvalue weighted by atomic mass is 16.4. The van der Waals surface area contributed by atoms with Gasteiger partial charge in [-0.05, 0) is 36.6 Å². The molecule has 1 aliphatic rings. The van der Waals surface area contributed by atoms with Gasteiger partial charge < -0.3 is 5.11 Å². The lowest BCUT2D eigenvalue weighted by Crippen LogP contribution is -2.21. The molecule has 3 nitrogen and oxygen atoms in total. The molecule has 1 aliphatic carbocycles. The zero-order chi connectivity index (χ0) is 14.4. The molecule has 1 aromatic carbocycles. The first-order chi connectivity index (χ1) is 9.70. The van der Waals surface area contributed by atoms with Crippen LogP contribution in [0.5, 0.6) is 0 Å². The summed E-state index contributed by atoms with van der Waals surface area (Å²) in [6.45, 7) is 2.18. The number of benzene rings is 1. The molecule has 1 unspecified atom stereocenters. The highest BCUT2D eigenvalue weighted by Crippen LogP contribution is 2.19. The summed E-state index contributed by atoms with van der Waals surface area (Å²) in [7, 11) is 0. The Labute approximate surface area is 119 Å². The minimum Gasteiger partial charge on any atom is -0.481 e. The van der Waals surface area contributed by atoms with Gasteiger partial charge in [-0.25, -0.2) is 0 Å². The monoisotopic (exact) mass is 269 g/mol. The van der Waals surface area contributed by atoms with Crippen LogP contribution in [0.15, 0.2) is 53.6 Å². The molecule has 104 valence electrons. The summed E-state index contributed by atoms with van der Waals surface area (Å²) in [5.74, 6) is -1.52. The fourth-order valence-electron chi connectivity index (χ4n) is 2.11. The van der Waals surface area contributed by atoms with Crippen molar-refractivity contribution in [3.8, 4) is 0 Å². The first-order valence-electron chi connectivity index (χ1n) is 6.96. The third kappa shape index (κ3) is 3.67. The Bertz CT molecular complexity index is 553. The Morgan fingerprint density at radius 3 is 2.65 bits per heavy atom. The lowest BCUT2D eigenvalue weighted by atomic mass is 9.98. The van der Waals surface area contributed by atoms with Gasteiger partial charge in [-0.3, -0.25) is 9.79 Å². The van der Waals surface area contributed by atoms with E-state index < -0.39 is 11.9 Å². The summed E-state index contributed by atoms with van der Waals surface area (Å²) in [6, 6.07) is 8.02. The first-order valence-corrected chi connectivity index (χ1v) is 6.96.